The number of rotatable bonds is 4. The number of amides is 3. The Hall–Kier alpha value is -2.28. The summed E-state index contributed by atoms with van der Waals surface area (Å²) >= 11 is 0.782. The third kappa shape index (κ3) is 3.00. The molecule has 20 heavy (non-hydrogen) atoms. The number of ether oxygens (including phenoxy) is 1. The number of imide groups is 1. The quantitative estimate of drug-likeness (QED) is 0.843. The molecule has 2 N–H and O–H groups in total. The number of hydrogen-bond acceptors (Lipinski definition) is 5. The molecular formula is C13H12N2O4S. The second-order valence-electron chi connectivity index (χ2n) is 4.01. The average Bonchev–Trinajstić information content (AvgIpc) is 2.66. The molecule has 1 aliphatic heterocycles. The second-order valence-corrected chi connectivity index (χ2v) is 5.00. The van der Waals surface area contributed by atoms with Gasteiger partial charge in [0.1, 0.15) is 12.3 Å². The largest absolute Gasteiger partial charge is 0.497 e. The first kappa shape index (κ1) is 14.1. The Morgan fingerprint density at radius 1 is 1.45 bits per heavy atom. The summed E-state index contributed by atoms with van der Waals surface area (Å²) in [6, 6.07) is 7.07. The van der Waals surface area contributed by atoms with Crippen LogP contribution in [0.25, 0.3) is 6.08 Å². The number of nitrogens with zero attached hydrogens (tertiary/aromatic N) is 1. The molecule has 6 nitrogen and oxygen atoms in total. The monoisotopic (exact) mass is 292 g/mol. The maximum atomic E-state index is 12.0. The minimum atomic E-state index is -0.727. The smallest absolute Gasteiger partial charge is 0.294 e. The molecule has 3 amide bonds. The van der Waals surface area contributed by atoms with Crippen LogP contribution in [0.1, 0.15) is 5.56 Å². The highest BCUT2D eigenvalue weighted by Gasteiger charge is 2.35. The number of carbonyl (C=O) groups excluding carboxylic acids is 3. The van der Waals surface area contributed by atoms with Gasteiger partial charge in [-0.1, -0.05) is 12.1 Å². The van der Waals surface area contributed by atoms with Gasteiger partial charge in [-0.05, 0) is 35.5 Å². The van der Waals surface area contributed by atoms with Gasteiger partial charge in [-0.15, -0.1) is 0 Å². The first-order valence-corrected chi connectivity index (χ1v) is 6.50. The molecule has 1 fully saturated rings. The lowest BCUT2D eigenvalue weighted by Crippen LogP contribution is -2.36. The second kappa shape index (κ2) is 5.79. The molecule has 7 heteroatoms. The number of primary amides is 1. The van der Waals surface area contributed by atoms with Crippen LogP contribution >= 0.6 is 11.8 Å². The number of carbonyl (C=O) groups is 3. The summed E-state index contributed by atoms with van der Waals surface area (Å²) in [5.74, 6) is -0.591. The van der Waals surface area contributed by atoms with Crippen LogP contribution in [0, 0.1) is 0 Å². The molecule has 2 rings (SSSR count). The van der Waals surface area contributed by atoms with Gasteiger partial charge >= 0.3 is 0 Å². The molecule has 0 spiro atoms. The Labute approximate surface area is 119 Å². The van der Waals surface area contributed by atoms with Crippen LogP contribution in [0.5, 0.6) is 5.75 Å². The summed E-state index contributed by atoms with van der Waals surface area (Å²) in [7, 11) is 1.54. The third-order valence-electron chi connectivity index (χ3n) is 2.58. The van der Waals surface area contributed by atoms with Crippen LogP contribution in [-0.4, -0.2) is 35.6 Å². The van der Waals surface area contributed by atoms with E-state index in [-0.39, 0.29) is 4.91 Å². The molecule has 104 valence electrons. The lowest BCUT2D eigenvalue weighted by molar-refractivity contribution is -0.127. The van der Waals surface area contributed by atoms with E-state index >= 15 is 0 Å². The zero-order valence-corrected chi connectivity index (χ0v) is 11.5. The van der Waals surface area contributed by atoms with E-state index in [4.69, 9.17) is 10.5 Å². The molecule has 0 unspecified atom stereocenters. The molecule has 0 bridgehead atoms. The highest BCUT2D eigenvalue weighted by molar-refractivity contribution is 8.18. The Balaban J connectivity index is 2.25. The van der Waals surface area contributed by atoms with Gasteiger partial charge in [-0.3, -0.25) is 19.3 Å². The molecular weight excluding hydrogens is 280 g/mol. The van der Waals surface area contributed by atoms with Crippen molar-refractivity contribution in [3.05, 3.63) is 34.7 Å². The van der Waals surface area contributed by atoms with E-state index in [0.717, 1.165) is 22.2 Å². The van der Waals surface area contributed by atoms with Crippen molar-refractivity contribution in [1.29, 1.82) is 0 Å². The highest BCUT2D eigenvalue weighted by atomic mass is 32.2. The van der Waals surface area contributed by atoms with Gasteiger partial charge in [0.05, 0.1) is 12.0 Å². The SMILES string of the molecule is COc1cccc(/C=C2\SC(=O)N(CC(N)=O)C2=O)c1. The topological polar surface area (TPSA) is 89.7 Å². The molecule has 0 atom stereocenters. The normalized spacial score (nSPS) is 16.9. The van der Waals surface area contributed by atoms with Gasteiger partial charge in [-0.2, -0.15) is 0 Å². The lowest BCUT2D eigenvalue weighted by Gasteiger charge is -2.08. The zero-order valence-electron chi connectivity index (χ0n) is 10.7. The summed E-state index contributed by atoms with van der Waals surface area (Å²) < 4.78 is 5.08. The molecule has 1 saturated heterocycles. The number of hydrogen-bond donors (Lipinski definition) is 1. The Bertz CT molecular complexity index is 612. The van der Waals surface area contributed by atoms with Gasteiger partial charge in [0.15, 0.2) is 0 Å². The zero-order chi connectivity index (χ0) is 14.7. The average molecular weight is 292 g/mol. The molecule has 1 aliphatic rings. The molecule has 0 radical (unpaired) electrons. The van der Waals surface area contributed by atoms with Crippen LogP contribution in [0.3, 0.4) is 0 Å². The van der Waals surface area contributed by atoms with E-state index in [0.29, 0.717) is 5.75 Å². The van der Waals surface area contributed by atoms with E-state index in [1.807, 2.05) is 0 Å². The Morgan fingerprint density at radius 2 is 2.20 bits per heavy atom. The molecule has 1 aromatic carbocycles. The van der Waals surface area contributed by atoms with Crippen LogP contribution in [0.2, 0.25) is 0 Å². The fourth-order valence-corrected chi connectivity index (χ4v) is 2.51. The number of benzene rings is 1. The molecule has 1 aromatic rings. The molecule has 0 aliphatic carbocycles. The van der Waals surface area contributed by atoms with Crippen LogP contribution in [0.15, 0.2) is 29.2 Å². The third-order valence-corrected chi connectivity index (χ3v) is 3.49. The van der Waals surface area contributed by atoms with Gasteiger partial charge < -0.3 is 10.5 Å². The maximum Gasteiger partial charge on any atom is 0.294 e. The maximum absolute atomic E-state index is 12.0. The van der Waals surface area contributed by atoms with Crippen molar-refractivity contribution < 1.29 is 19.1 Å². The number of thioether (sulfide) groups is 1. The summed E-state index contributed by atoms with van der Waals surface area (Å²) in [5.41, 5.74) is 5.73. The fourth-order valence-electron chi connectivity index (χ4n) is 1.67. The molecule has 1 heterocycles. The van der Waals surface area contributed by atoms with Gasteiger partial charge in [0, 0.05) is 0 Å². The summed E-state index contributed by atoms with van der Waals surface area (Å²) in [4.78, 5) is 35.5. The molecule has 0 saturated carbocycles. The van der Waals surface area contributed by atoms with Gasteiger partial charge in [0.2, 0.25) is 5.91 Å². The minimum absolute atomic E-state index is 0.254. The van der Waals surface area contributed by atoms with Gasteiger partial charge in [0.25, 0.3) is 11.1 Å². The van der Waals surface area contributed by atoms with Crippen molar-refractivity contribution in [2.45, 2.75) is 0 Å². The fraction of sp³-hybridized carbons (Fsp3) is 0.154. The predicted octanol–water partition coefficient (Wildman–Crippen LogP) is 1.22. The molecule has 0 aromatic heterocycles. The predicted molar refractivity (Wildman–Crippen MR) is 74.9 cm³/mol. The van der Waals surface area contributed by atoms with Gasteiger partial charge in [-0.25, -0.2) is 0 Å². The summed E-state index contributed by atoms with van der Waals surface area (Å²) in [6.07, 6.45) is 1.58. The van der Waals surface area contributed by atoms with Crippen molar-refractivity contribution in [2.24, 2.45) is 5.73 Å². The lowest BCUT2D eigenvalue weighted by atomic mass is 10.2. The minimum Gasteiger partial charge on any atom is -0.497 e. The van der Waals surface area contributed by atoms with Crippen LogP contribution < -0.4 is 10.5 Å². The van der Waals surface area contributed by atoms with Crippen molar-refractivity contribution >= 4 is 34.9 Å². The van der Waals surface area contributed by atoms with Crippen molar-refractivity contribution in [3.63, 3.8) is 0 Å². The van der Waals surface area contributed by atoms with E-state index < -0.39 is 23.6 Å². The van der Waals surface area contributed by atoms with Crippen molar-refractivity contribution in [2.75, 3.05) is 13.7 Å². The standard InChI is InChI=1S/C13H12N2O4S/c1-19-9-4-2-3-8(5-9)6-10-12(17)15(7-11(14)16)13(18)20-10/h2-6H,7H2,1H3,(H2,14,16)/b10-6-. The summed E-state index contributed by atoms with van der Waals surface area (Å²) in [5, 5.41) is -0.497. The highest BCUT2D eigenvalue weighted by Crippen LogP contribution is 2.32. The van der Waals surface area contributed by atoms with Crippen molar-refractivity contribution in [1.82, 2.24) is 4.90 Å². The van der Waals surface area contributed by atoms with Crippen LogP contribution in [0.4, 0.5) is 4.79 Å². The first-order chi connectivity index (χ1) is 9.51. The van der Waals surface area contributed by atoms with E-state index in [1.54, 1.807) is 37.5 Å². The summed E-state index contributed by atoms with van der Waals surface area (Å²) in [6.45, 7) is -0.403. The van der Waals surface area contributed by atoms with Crippen LogP contribution in [-0.2, 0) is 9.59 Å². The number of methoxy groups -OCH3 is 1. The Kier molecular flexibility index (Phi) is 4.09. The van der Waals surface area contributed by atoms with E-state index in [2.05, 4.69) is 0 Å². The number of nitrogens with two attached hydrogens (primary N) is 1. The Morgan fingerprint density at radius 3 is 2.85 bits per heavy atom. The van der Waals surface area contributed by atoms with Crippen molar-refractivity contribution in [3.8, 4) is 5.75 Å². The van der Waals surface area contributed by atoms with E-state index in [9.17, 15) is 14.4 Å². The first-order valence-electron chi connectivity index (χ1n) is 5.69. The van der Waals surface area contributed by atoms with E-state index in [1.165, 1.54) is 0 Å².